The lowest BCUT2D eigenvalue weighted by Crippen LogP contribution is -2.64. The van der Waals surface area contributed by atoms with Crippen LogP contribution in [0, 0.1) is 18.8 Å². The Morgan fingerprint density at radius 3 is 2.58 bits per heavy atom. The molecule has 4 fully saturated rings. The summed E-state index contributed by atoms with van der Waals surface area (Å²) >= 11 is 0. The van der Waals surface area contributed by atoms with Crippen LogP contribution in [-0.2, 0) is 5.41 Å². The molecule has 0 spiro atoms. The van der Waals surface area contributed by atoms with Crippen LogP contribution in [0.4, 0.5) is 0 Å². The molecule has 2 aromatic heterocycles. The number of aryl methyl sites for hydroxylation is 1. The summed E-state index contributed by atoms with van der Waals surface area (Å²) in [7, 11) is 0. The maximum absolute atomic E-state index is 12.9. The summed E-state index contributed by atoms with van der Waals surface area (Å²) in [6, 6.07) is 7.96. The topological polar surface area (TPSA) is 67.8 Å². The maximum Gasteiger partial charge on any atom is 0.270 e. The van der Waals surface area contributed by atoms with Crippen molar-refractivity contribution >= 4 is 5.91 Å². The number of carbonyl (C=O) groups is 1. The molecule has 4 bridgehead atoms. The van der Waals surface area contributed by atoms with Gasteiger partial charge in [-0.05, 0) is 75.5 Å². The molecule has 26 heavy (non-hydrogen) atoms. The maximum atomic E-state index is 12.9. The standard InChI is InChI=1S/C21H24N4O/c1-14-22-7-5-17(24-14)19(26)25-21-11-15-8-16(12-21)10-20(9-15,13-21)18-4-2-3-6-23-18/h2-7,15-16H,8-13H2,1H3,(H,25,26). The summed E-state index contributed by atoms with van der Waals surface area (Å²) in [6.07, 6.45) is 10.5. The van der Waals surface area contributed by atoms with Crippen LogP contribution < -0.4 is 5.32 Å². The number of nitrogens with one attached hydrogen (secondary N) is 1. The lowest BCUT2D eigenvalue weighted by Gasteiger charge is -2.62. The van der Waals surface area contributed by atoms with Gasteiger partial charge in [0.1, 0.15) is 11.5 Å². The predicted molar refractivity (Wildman–Crippen MR) is 97.6 cm³/mol. The number of carbonyl (C=O) groups excluding carboxylic acids is 1. The van der Waals surface area contributed by atoms with E-state index in [9.17, 15) is 4.79 Å². The Labute approximate surface area is 153 Å². The van der Waals surface area contributed by atoms with Gasteiger partial charge in [-0.1, -0.05) is 6.07 Å². The zero-order valence-electron chi connectivity index (χ0n) is 15.1. The summed E-state index contributed by atoms with van der Waals surface area (Å²) in [5.41, 5.74) is 1.70. The molecule has 2 aromatic rings. The second-order valence-corrected chi connectivity index (χ2v) is 8.68. The SMILES string of the molecule is Cc1nccc(C(=O)NC23CC4CC(C2)CC(c2ccccn2)(C4)C3)n1. The molecule has 134 valence electrons. The lowest BCUT2D eigenvalue weighted by molar-refractivity contribution is -0.0388. The van der Waals surface area contributed by atoms with Gasteiger partial charge in [0, 0.05) is 29.0 Å². The van der Waals surface area contributed by atoms with E-state index in [1.54, 1.807) is 12.3 Å². The second-order valence-electron chi connectivity index (χ2n) is 8.68. The molecule has 4 saturated carbocycles. The average Bonchev–Trinajstić information content (AvgIpc) is 2.61. The quantitative estimate of drug-likeness (QED) is 0.925. The van der Waals surface area contributed by atoms with Crippen LogP contribution in [0.5, 0.6) is 0 Å². The first-order valence-corrected chi connectivity index (χ1v) is 9.60. The van der Waals surface area contributed by atoms with E-state index in [4.69, 9.17) is 4.98 Å². The van der Waals surface area contributed by atoms with E-state index in [0.29, 0.717) is 23.4 Å². The van der Waals surface area contributed by atoms with Crippen molar-refractivity contribution in [2.24, 2.45) is 11.8 Å². The highest BCUT2D eigenvalue weighted by atomic mass is 16.2. The van der Waals surface area contributed by atoms with Gasteiger partial charge in [0.2, 0.25) is 0 Å². The minimum Gasteiger partial charge on any atom is -0.345 e. The van der Waals surface area contributed by atoms with Crippen molar-refractivity contribution in [3.63, 3.8) is 0 Å². The number of hydrogen-bond acceptors (Lipinski definition) is 4. The lowest BCUT2D eigenvalue weighted by atomic mass is 9.46. The highest BCUT2D eigenvalue weighted by Crippen LogP contribution is 2.61. The minimum absolute atomic E-state index is 0.0615. The Balaban J connectivity index is 1.46. The predicted octanol–water partition coefficient (Wildman–Crippen LogP) is 3.20. The van der Waals surface area contributed by atoms with Crippen LogP contribution in [0.15, 0.2) is 36.7 Å². The van der Waals surface area contributed by atoms with Gasteiger partial charge in [0.25, 0.3) is 5.91 Å². The van der Waals surface area contributed by atoms with E-state index in [2.05, 4.69) is 27.4 Å². The first-order valence-electron chi connectivity index (χ1n) is 9.60. The molecule has 0 aromatic carbocycles. The largest absolute Gasteiger partial charge is 0.345 e. The molecule has 0 radical (unpaired) electrons. The zero-order valence-corrected chi connectivity index (χ0v) is 15.1. The van der Waals surface area contributed by atoms with Crippen LogP contribution in [0.1, 0.15) is 60.5 Å². The molecule has 0 saturated heterocycles. The Morgan fingerprint density at radius 2 is 1.88 bits per heavy atom. The van der Waals surface area contributed by atoms with Gasteiger partial charge in [-0.2, -0.15) is 0 Å². The van der Waals surface area contributed by atoms with Crippen LogP contribution in [0.3, 0.4) is 0 Å². The zero-order chi connectivity index (χ0) is 17.8. The summed E-state index contributed by atoms with van der Waals surface area (Å²) < 4.78 is 0. The van der Waals surface area contributed by atoms with E-state index < -0.39 is 0 Å². The molecular formula is C21H24N4O. The number of pyridine rings is 1. The second kappa shape index (κ2) is 5.60. The van der Waals surface area contributed by atoms with E-state index in [1.165, 1.54) is 25.0 Å². The van der Waals surface area contributed by atoms with Crippen LogP contribution in [0.2, 0.25) is 0 Å². The molecule has 0 aliphatic heterocycles. The highest BCUT2D eigenvalue weighted by molar-refractivity contribution is 5.92. The van der Waals surface area contributed by atoms with Crippen molar-refractivity contribution in [3.8, 4) is 0 Å². The van der Waals surface area contributed by atoms with Gasteiger partial charge in [0.15, 0.2) is 0 Å². The molecule has 4 aliphatic rings. The van der Waals surface area contributed by atoms with Gasteiger partial charge in [-0.3, -0.25) is 9.78 Å². The van der Waals surface area contributed by atoms with Gasteiger partial charge < -0.3 is 5.32 Å². The fourth-order valence-electron chi connectivity index (χ4n) is 6.27. The van der Waals surface area contributed by atoms with Crippen LogP contribution in [0.25, 0.3) is 0 Å². The smallest absolute Gasteiger partial charge is 0.270 e. The van der Waals surface area contributed by atoms with Crippen molar-refractivity contribution in [2.45, 2.75) is 56.4 Å². The summed E-state index contributed by atoms with van der Waals surface area (Å²) in [5.74, 6) is 1.94. The van der Waals surface area contributed by atoms with Crippen molar-refractivity contribution in [1.29, 1.82) is 0 Å². The van der Waals surface area contributed by atoms with Crippen LogP contribution in [-0.4, -0.2) is 26.4 Å². The molecule has 2 unspecified atom stereocenters. The normalized spacial score (nSPS) is 34.7. The fourth-order valence-corrected chi connectivity index (χ4v) is 6.27. The minimum atomic E-state index is -0.114. The molecule has 6 rings (SSSR count). The van der Waals surface area contributed by atoms with Crippen molar-refractivity contribution in [2.75, 3.05) is 0 Å². The molecule has 1 N–H and O–H groups in total. The third-order valence-corrected chi connectivity index (χ3v) is 6.66. The molecule has 2 heterocycles. The number of amides is 1. The number of rotatable bonds is 3. The number of hydrogen-bond donors (Lipinski definition) is 1. The van der Waals surface area contributed by atoms with Crippen molar-refractivity contribution in [1.82, 2.24) is 20.3 Å². The molecule has 1 amide bonds. The summed E-state index contributed by atoms with van der Waals surface area (Å²) in [5, 5.41) is 3.41. The Morgan fingerprint density at radius 1 is 1.08 bits per heavy atom. The van der Waals surface area contributed by atoms with Gasteiger partial charge in [0.05, 0.1) is 0 Å². The Bertz CT molecular complexity index is 836. The molecular weight excluding hydrogens is 324 g/mol. The molecule has 4 aliphatic carbocycles. The van der Waals surface area contributed by atoms with Crippen molar-refractivity contribution in [3.05, 3.63) is 53.9 Å². The molecule has 5 heteroatoms. The monoisotopic (exact) mass is 348 g/mol. The molecule has 5 nitrogen and oxygen atoms in total. The van der Waals surface area contributed by atoms with E-state index in [-0.39, 0.29) is 16.9 Å². The van der Waals surface area contributed by atoms with Gasteiger partial charge in [-0.25, -0.2) is 9.97 Å². The first-order chi connectivity index (χ1) is 12.6. The summed E-state index contributed by atoms with van der Waals surface area (Å²) in [4.78, 5) is 26.0. The van der Waals surface area contributed by atoms with E-state index >= 15 is 0 Å². The summed E-state index contributed by atoms with van der Waals surface area (Å²) in [6.45, 7) is 1.82. The third kappa shape index (κ3) is 2.52. The first kappa shape index (κ1) is 15.9. The highest BCUT2D eigenvalue weighted by Gasteiger charge is 2.59. The average molecular weight is 348 g/mol. The Kier molecular flexibility index (Phi) is 3.43. The van der Waals surface area contributed by atoms with E-state index in [0.717, 1.165) is 19.3 Å². The van der Waals surface area contributed by atoms with Crippen molar-refractivity contribution < 1.29 is 4.79 Å². The van der Waals surface area contributed by atoms with E-state index in [1.807, 2.05) is 19.2 Å². The van der Waals surface area contributed by atoms with Crippen LogP contribution >= 0.6 is 0 Å². The number of aromatic nitrogens is 3. The number of nitrogens with zero attached hydrogens (tertiary/aromatic N) is 3. The fraction of sp³-hybridized carbons (Fsp3) is 0.524. The molecule has 2 atom stereocenters. The Hall–Kier alpha value is -2.30. The third-order valence-electron chi connectivity index (χ3n) is 6.66. The van der Waals surface area contributed by atoms with Gasteiger partial charge in [-0.15, -0.1) is 0 Å². The van der Waals surface area contributed by atoms with Gasteiger partial charge >= 0.3 is 0 Å².